The molecule has 0 spiro atoms. The third-order valence-electron chi connectivity index (χ3n) is 2.64. The molecule has 20 heavy (non-hydrogen) atoms. The summed E-state index contributed by atoms with van der Waals surface area (Å²) in [6.45, 7) is 0. The second-order valence-electron chi connectivity index (χ2n) is 4.09. The lowest BCUT2D eigenvalue weighted by Gasteiger charge is -1.98. The van der Waals surface area contributed by atoms with E-state index in [1.54, 1.807) is 24.2 Å². The predicted octanol–water partition coefficient (Wildman–Crippen LogP) is 4.68. The smallest absolute Gasteiger partial charge is 0.205 e. The number of hydrogen-bond acceptors (Lipinski definition) is 4. The highest BCUT2D eigenvalue weighted by Crippen LogP contribution is 2.26. The summed E-state index contributed by atoms with van der Waals surface area (Å²) >= 11 is 7.56. The second kappa shape index (κ2) is 6.11. The normalized spacial score (nSPS) is 10.7. The minimum Gasteiger partial charge on any atom is -0.440 e. The van der Waals surface area contributed by atoms with Gasteiger partial charge in [-0.3, -0.25) is 0 Å². The first kappa shape index (κ1) is 13.2. The van der Waals surface area contributed by atoms with Crippen molar-refractivity contribution in [3.8, 4) is 11.3 Å². The third-order valence-corrected chi connectivity index (χ3v) is 3.81. The summed E-state index contributed by atoms with van der Waals surface area (Å²) in [5.41, 5.74) is 0.930. The van der Waals surface area contributed by atoms with Crippen molar-refractivity contribution in [3.05, 3.63) is 65.8 Å². The van der Waals surface area contributed by atoms with Gasteiger partial charge < -0.3 is 4.42 Å². The summed E-state index contributed by atoms with van der Waals surface area (Å²) in [7, 11) is 0. The minimum absolute atomic E-state index is 0.650. The van der Waals surface area contributed by atoms with E-state index in [0.29, 0.717) is 16.7 Å². The van der Waals surface area contributed by atoms with Crippen LogP contribution in [0, 0.1) is 0 Å². The maximum atomic E-state index is 5.97. The Kier molecular flexibility index (Phi) is 4.04. The van der Waals surface area contributed by atoms with Crippen LogP contribution in [0.15, 0.2) is 64.3 Å². The highest BCUT2D eigenvalue weighted by atomic mass is 35.5. The maximum absolute atomic E-state index is 5.97. The van der Waals surface area contributed by atoms with Crippen LogP contribution >= 0.6 is 23.4 Å². The Balaban J connectivity index is 1.71. The van der Waals surface area contributed by atoms with Gasteiger partial charge in [-0.1, -0.05) is 41.6 Å². The fourth-order valence-electron chi connectivity index (χ4n) is 1.72. The Hall–Kier alpha value is -1.78. The van der Waals surface area contributed by atoms with Gasteiger partial charge >= 0.3 is 0 Å². The number of aromatic nitrogens is 2. The lowest BCUT2D eigenvalue weighted by Crippen LogP contribution is -1.81. The van der Waals surface area contributed by atoms with Crippen LogP contribution in [0.5, 0.6) is 0 Å². The zero-order chi connectivity index (χ0) is 13.8. The molecule has 3 rings (SSSR count). The molecule has 0 saturated heterocycles. The molecule has 2 aromatic heterocycles. The Morgan fingerprint density at radius 2 is 2.05 bits per heavy atom. The number of nitrogens with zero attached hydrogens (tertiary/aromatic N) is 2. The van der Waals surface area contributed by atoms with Crippen LogP contribution in [0.1, 0.15) is 5.89 Å². The molecule has 0 amide bonds. The highest BCUT2D eigenvalue weighted by Gasteiger charge is 2.07. The Labute approximate surface area is 126 Å². The molecule has 0 aliphatic heterocycles. The summed E-state index contributed by atoms with van der Waals surface area (Å²) in [5.74, 6) is 2.05. The SMILES string of the molecule is Clc1cccc(-c2cnc(CSc3ccccn3)o2)c1. The lowest BCUT2D eigenvalue weighted by molar-refractivity contribution is 0.530. The van der Waals surface area contributed by atoms with Crippen LogP contribution in [0.3, 0.4) is 0 Å². The number of halogens is 1. The molecule has 0 fully saturated rings. The average Bonchev–Trinajstić information content (AvgIpc) is 2.95. The molecular weight excluding hydrogens is 292 g/mol. The number of benzene rings is 1. The van der Waals surface area contributed by atoms with E-state index in [0.717, 1.165) is 16.3 Å². The highest BCUT2D eigenvalue weighted by molar-refractivity contribution is 7.98. The fourth-order valence-corrected chi connectivity index (χ4v) is 2.63. The van der Waals surface area contributed by atoms with Gasteiger partial charge in [-0.15, -0.1) is 0 Å². The topological polar surface area (TPSA) is 38.9 Å². The van der Waals surface area contributed by atoms with Gasteiger partial charge in [0.25, 0.3) is 0 Å². The average molecular weight is 303 g/mol. The van der Waals surface area contributed by atoms with E-state index in [-0.39, 0.29) is 0 Å². The molecule has 0 aliphatic rings. The van der Waals surface area contributed by atoms with Crippen molar-refractivity contribution in [2.24, 2.45) is 0 Å². The predicted molar refractivity (Wildman–Crippen MR) is 80.7 cm³/mol. The first-order valence-electron chi connectivity index (χ1n) is 6.06. The largest absolute Gasteiger partial charge is 0.440 e. The van der Waals surface area contributed by atoms with Gasteiger partial charge in [0.2, 0.25) is 5.89 Å². The van der Waals surface area contributed by atoms with E-state index in [1.165, 1.54) is 0 Å². The van der Waals surface area contributed by atoms with Gasteiger partial charge in [0, 0.05) is 16.8 Å². The molecule has 0 bridgehead atoms. The van der Waals surface area contributed by atoms with Crippen molar-refractivity contribution >= 4 is 23.4 Å². The van der Waals surface area contributed by atoms with Gasteiger partial charge in [0.15, 0.2) is 5.76 Å². The van der Waals surface area contributed by atoms with Gasteiger partial charge in [-0.05, 0) is 24.3 Å². The number of thioether (sulfide) groups is 1. The van der Waals surface area contributed by atoms with Crippen LogP contribution in [-0.4, -0.2) is 9.97 Å². The van der Waals surface area contributed by atoms with Crippen LogP contribution in [0.25, 0.3) is 11.3 Å². The fraction of sp³-hybridized carbons (Fsp3) is 0.0667. The van der Waals surface area contributed by atoms with Crippen molar-refractivity contribution in [2.45, 2.75) is 10.8 Å². The molecule has 0 saturated carbocycles. The minimum atomic E-state index is 0.650. The van der Waals surface area contributed by atoms with Crippen molar-refractivity contribution < 1.29 is 4.42 Å². The number of oxazole rings is 1. The maximum Gasteiger partial charge on any atom is 0.205 e. The molecule has 0 N–H and O–H groups in total. The van der Waals surface area contributed by atoms with Gasteiger partial charge in [0.1, 0.15) is 0 Å². The zero-order valence-electron chi connectivity index (χ0n) is 10.5. The van der Waals surface area contributed by atoms with E-state index in [1.807, 2.05) is 42.5 Å². The van der Waals surface area contributed by atoms with Crippen molar-refractivity contribution in [3.63, 3.8) is 0 Å². The molecule has 5 heteroatoms. The first-order valence-corrected chi connectivity index (χ1v) is 7.42. The van der Waals surface area contributed by atoms with E-state index >= 15 is 0 Å². The third kappa shape index (κ3) is 3.21. The van der Waals surface area contributed by atoms with Gasteiger partial charge in [-0.2, -0.15) is 0 Å². The number of hydrogen-bond donors (Lipinski definition) is 0. The standard InChI is InChI=1S/C15H11ClN2OS/c16-12-5-3-4-11(8-12)13-9-18-14(19-13)10-20-15-6-1-2-7-17-15/h1-9H,10H2. The Bertz CT molecular complexity index is 700. The summed E-state index contributed by atoms with van der Waals surface area (Å²) < 4.78 is 5.73. The van der Waals surface area contributed by atoms with Crippen molar-refractivity contribution in [1.82, 2.24) is 9.97 Å². The molecule has 100 valence electrons. The van der Waals surface area contributed by atoms with E-state index in [4.69, 9.17) is 16.0 Å². The van der Waals surface area contributed by atoms with Crippen LogP contribution < -0.4 is 0 Å². The Morgan fingerprint density at radius 1 is 1.10 bits per heavy atom. The van der Waals surface area contributed by atoms with Gasteiger partial charge in [0.05, 0.1) is 17.0 Å². The number of pyridine rings is 1. The van der Waals surface area contributed by atoms with E-state index < -0.39 is 0 Å². The second-order valence-corrected chi connectivity index (χ2v) is 5.52. The lowest BCUT2D eigenvalue weighted by atomic mass is 10.2. The molecule has 1 aromatic carbocycles. The molecule has 0 aliphatic carbocycles. The molecule has 0 radical (unpaired) electrons. The molecule has 2 heterocycles. The van der Waals surface area contributed by atoms with Crippen LogP contribution in [-0.2, 0) is 5.75 Å². The summed E-state index contributed by atoms with van der Waals surface area (Å²) in [6.07, 6.45) is 3.50. The van der Waals surface area contributed by atoms with E-state index in [2.05, 4.69) is 9.97 Å². The van der Waals surface area contributed by atoms with Crippen molar-refractivity contribution in [2.75, 3.05) is 0 Å². The molecule has 0 atom stereocenters. The van der Waals surface area contributed by atoms with E-state index in [9.17, 15) is 0 Å². The summed E-state index contributed by atoms with van der Waals surface area (Å²) in [4.78, 5) is 8.53. The summed E-state index contributed by atoms with van der Waals surface area (Å²) in [6, 6.07) is 13.3. The zero-order valence-corrected chi connectivity index (χ0v) is 12.1. The Morgan fingerprint density at radius 3 is 2.85 bits per heavy atom. The molecule has 0 unspecified atom stereocenters. The quantitative estimate of drug-likeness (QED) is 0.656. The molecule has 3 aromatic rings. The monoisotopic (exact) mass is 302 g/mol. The van der Waals surface area contributed by atoms with Crippen LogP contribution in [0.4, 0.5) is 0 Å². The first-order chi connectivity index (χ1) is 9.81. The van der Waals surface area contributed by atoms with Crippen molar-refractivity contribution in [1.29, 1.82) is 0 Å². The summed E-state index contributed by atoms with van der Waals surface area (Å²) in [5, 5.41) is 1.64. The van der Waals surface area contributed by atoms with Crippen LogP contribution in [0.2, 0.25) is 5.02 Å². The number of rotatable bonds is 4. The molecular formula is C15H11ClN2OS. The van der Waals surface area contributed by atoms with Gasteiger partial charge in [-0.25, -0.2) is 9.97 Å². The molecule has 3 nitrogen and oxygen atoms in total.